The number of aromatic hydroxyl groups is 1. The predicted molar refractivity (Wildman–Crippen MR) is 76.9 cm³/mol. The summed E-state index contributed by atoms with van der Waals surface area (Å²) in [5.41, 5.74) is 6.61. The highest BCUT2D eigenvalue weighted by Gasteiger charge is 2.24. The van der Waals surface area contributed by atoms with Crippen molar-refractivity contribution in [1.82, 2.24) is 0 Å². The second kappa shape index (κ2) is 5.35. The molecule has 0 aliphatic heterocycles. The molecule has 0 unspecified atom stereocenters. The molecule has 0 aliphatic carbocycles. The molecule has 1 aromatic carbocycles. The molecule has 0 fully saturated rings. The summed E-state index contributed by atoms with van der Waals surface area (Å²) < 4.78 is 24.3. The SMILES string of the molecule is C=CCS(=O)(=O)c1cc(C(C)(C)C)cc(CN)c1O. The van der Waals surface area contributed by atoms with Crippen molar-refractivity contribution in [3.8, 4) is 5.75 Å². The van der Waals surface area contributed by atoms with Crippen LogP contribution in [0.15, 0.2) is 29.7 Å². The van der Waals surface area contributed by atoms with Crippen LogP contribution in [0.4, 0.5) is 0 Å². The van der Waals surface area contributed by atoms with Gasteiger partial charge in [-0.25, -0.2) is 8.42 Å². The van der Waals surface area contributed by atoms with Gasteiger partial charge < -0.3 is 10.8 Å². The number of hydrogen-bond donors (Lipinski definition) is 2. The van der Waals surface area contributed by atoms with Gasteiger partial charge in [-0.1, -0.05) is 32.9 Å². The van der Waals surface area contributed by atoms with E-state index in [0.29, 0.717) is 5.56 Å². The van der Waals surface area contributed by atoms with Crippen LogP contribution in [0.5, 0.6) is 5.75 Å². The molecule has 1 rings (SSSR count). The lowest BCUT2D eigenvalue weighted by Crippen LogP contribution is -2.15. The molecule has 0 saturated heterocycles. The van der Waals surface area contributed by atoms with Gasteiger partial charge in [0.1, 0.15) is 10.6 Å². The number of phenols is 1. The highest BCUT2D eigenvalue weighted by atomic mass is 32.2. The van der Waals surface area contributed by atoms with E-state index >= 15 is 0 Å². The van der Waals surface area contributed by atoms with Crippen molar-refractivity contribution in [2.45, 2.75) is 37.6 Å². The van der Waals surface area contributed by atoms with Crippen molar-refractivity contribution in [1.29, 1.82) is 0 Å². The van der Waals surface area contributed by atoms with Crippen LogP contribution in [-0.4, -0.2) is 19.3 Å². The second-order valence-corrected chi connectivity index (χ2v) is 7.51. The molecule has 0 amide bonds. The minimum atomic E-state index is -3.58. The van der Waals surface area contributed by atoms with Gasteiger partial charge in [0.05, 0.1) is 5.75 Å². The van der Waals surface area contributed by atoms with Crippen LogP contribution < -0.4 is 5.73 Å². The summed E-state index contributed by atoms with van der Waals surface area (Å²) in [6.07, 6.45) is 1.31. The monoisotopic (exact) mass is 283 g/mol. The van der Waals surface area contributed by atoms with E-state index < -0.39 is 9.84 Å². The summed E-state index contributed by atoms with van der Waals surface area (Å²) in [5.74, 6) is -0.463. The molecule has 5 heteroatoms. The van der Waals surface area contributed by atoms with E-state index in [1.165, 1.54) is 12.1 Å². The molecule has 0 saturated carbocycles. The van der Waals surface area contributed by atoms with E-state index in [0.717, 1.165) is 5.56 Å². The number of hydrogen-bond acceptors (Lipinski definition) is 4. The number of rotatable bonds is 4. The number of benzene rings is 1. The van der Waals surface area contributed by atoms with Crippen LogP contribution in [0.1, 0.15) is 31.9 Å². The molecule has 0 aliphatic rings. The summed E-state index contributed by atoms with van der Waals surface area (Å²) in [5, 5.41) is 10.0. The largest absolute Gasteiger partial charge is 0.506 e. The van der Waals surface area contributed by atoms with Gasteiger partial charge in [0.15, 0.2) is 9.84 Å². The van der Waals surface area contributed by atoms with E-state index in [-0.39, 0.29) is 28.4 Å². The maximum absolute atomic E-state index is 12.1. The van der Waals surface area contributed by atoms with Crippen molar-refractivity contribution < 1.29 is 13.5 Å². The zero-order valence-corrected chi connectivity index (χ0v) is 12.4. The van der Waals surface area contributed by atoms with Gasteiger partial charge in [-0.2, -0.15) is 0 Å². The van der Waals surface area contributed by atoms with Gasteiger partial charge >= 0.3 is 0 Å². The Balaban J connectivity index is 3.60. The summed E-state index contributed by atoms with van der Waals surface area (Å²) >= 11 is 0. The van der Waals surface area contributed by atoms with Crippen LogP contribution in [0.3, 0.4) is 0 Å². The Labute approximate surface area is 114 Å². The van der Waals surface area contributed by atoms with Crippen LogP contribution in [-0.2, 0) is 21.8 Å². The molecular formula is C14H21NO3S. The van der Waals surface area contributed by atoms with Crippen LogP contribution in [0, 0.1) is 0 Å². The van der Waals surface area contributed by atoms with Crippen molar-refractivity contribution in [3.05, 3.63) is 35.9 Å². The second-order valence-electron chi connectivity index (χ2n) is 5.51. The Morgan fingerprint density at radius 2 is 1.95 bits per heavy atom. The minimum absolute atomic E-state index is 0.0692. The molecule has 0 atom stereocenters. The average Bonchev–Trinajstić information content (AvgIpc) is 2.27. The Hall–Kier alpha value is -1.33. The maximum Gasteiger partial charge on any atom is 0.185 e. The lowest BCUT2D eigenvalue weighted by molar-refractivity contribution is 0.450. The topological polar surface area (TPSA) is 80.4 Å². The molecule has 1 aromatic rings. The third-order valence-corrected chi connectivity index (χ3v) is 4.57. The van der Waals surface area contributed by atoms with Crippen molar-refractivity contribution >= 4 is 9.84 Å². The zero-order chi connectivity index (χ0) is 14.8. The Kier molecular flexibility index (Phi) is 4.43. The van der Waals surface area contributed by atoms with Gasteiger partial charge in [0.2, 0.25) is 0 Å². The Bertz CT molecular complexity index is 583. The van der Waals surface area contributed by atoms with Gasteiger partial charge in [-0.05, 0) is 17.0 Å². The van der Waals surface area contributed by atoms with Crippen LogP contribution in [0.2, 0.25) is 0 Å². The molecule has 19 heavy (non-hydrogen) atoms. The molecule has 4 nitrogen and oxygen atoms in total. The van der Waals surface area contributed by atoms with Crippen molar-refractivity contribution in [2.75, 3.05) is 5.75 Å². The molecule has 0 radical (unpaired) electrons. The standard InChI is InChI=1S/C14H21NO3S/c1-5-6-19(17,18)12-8-11(14(2,3)4)7-10(9-15)13(12)16/h5,7-8,16H,1,6,9,15H2,2-4H3. The molecule has 3 N–H and O–H groups in total. The van der Waals surface area contributed by atoms with Gasteiger partial charge in [-0.15, -0.1) is 6.58 Å². The molecular weight excluding hydrogens is 262 g/mol. The fourth-order valence-corrected chi connectivity index (χ4v) is 2.96. The first-order chi connectivity index (χ1) is 8.63. The van der Waals surface area contributed by atoms with E-state index in [1.807, 2.05) is 20.8 Å². The van der Waals surface area contributed by atoms with Gasteiger partial charge in [-0.3, -0.25) is 0 Å². The number of sulfone groups is 1. The predicted octanol–water partition coefficient (Wildman–Crippen LogP) is 2.11. The third kappa shape index (κ3) is 3.36. The van der Waals surface area contributed by atoms with Crippen LogP contribution >= 0.6 is 0 Å². The van der Waals surface area contributed by atoms with E-state index in [1.54, 1.807) is 6.07 Å². The maximum atomic E-state index is 12.1. The highest BCUT2D eigenvalue weighted by molar-refractivity contribution is 7.91. The number of nitrogens with two attached hydrogens (primary N) is 1. The minimum Gasteiger partial charge on any atom is -0.506 e. The van der Waals surface area contributed by atoms with E-state index in [2.05, 4.69) is 6.58 Å². The van der Waals surface area contributed by atoms with E-state index in [4.69, 9.17) is 5.73 Å². The highest BCUT2D eigenvalue weighted by Crippen LogP contribution is 2.34. The summed E-state index contributed by atoms with van der Waals surface area (Å²) in [6.45, 7) is 9.45. The summed E-state index contributed by atoms with van der Waals surface area (Å²) in [4.78, 5) is -0.0692. The Morgan fingerprint density at radius 1 is 1.37 bits per heavy atom. The first-order valence-corrected chi connectivity index (χ1v) is 7.69. The first kappa shape index (κ1) is 15.7. The fourth-order valence-electron chi connectivity index (χ4n) is 1.74. The number of phenolic OH excluding ortho intramolecular Hbond substituents is 1. The molecule has 0 bridgehead atoms. The Morgan fingerprint density at radius 3 is 2.37 bits per heavy atom. The van der Waals surface area contributed by atoms with E-state index in [9.17, 15) is 13.5 Å². The molecule has 0 aromatic heterocycles. The first-order valence-electron chi connectivity index (χ1n) is 6.03. The van der Waals surface area contributed by atoms with Gasteiger partial charge in [0, 0.05) is 12.1 Å². The summed E-state index contributed by atoms with van der Waals surface area (Å²) in [6, 6.07) is 3.27. The van der Waals surface area contributed by atoms with Crippen LogP contribution in [0.25, 0.3) is 0 Å². The molecule has 0 spiro atoms. The zero-order valence-electron chi connectivity index (χ0n) is 11.6. The quantitative estimate of drug-likeness (QED) is 0.829. The molecule has 0 heterocycles. The average molecular weight is 283 g/mol. The molecule has 106 valence electrons. The summed E-state index contributed by atoms with van der Waals surface area (Å²) in [7, 11) is -3.58. The fraction of sp³-hybridized carbons (Fsp3) is 0.429. The lowest BCUT2D eigenvalue weighted by Gasteiger charge is -2.22. The van der Waals surface area contributed by atoms with Crippen molar-refractivity contribution in [2.24, 2.45) is 5.73 Å². The lowest BCUT2D eigenvalue weighted by atomic mass is 9.86. The smallest absolute Gasteiger partial charge is 0.185 e. The van der Waals surface area contributed by atoms with Gasteiger partial charge in [0.25, 0.3) is 0 Å². The van der Waals surface area contributed by atoms with Crippen molar-refractivity contribution in [3.63, 3.8) is 0 Å². The third-order valence-electron chi connectivity index (χ3n) is 2.91. The normalized spacial score (nSPS) is 12.4.